The first kappa shape index (κ1) is 15.5. The molecule has 1 aliphatic rings. The normalized spacial score (nSPS) is 19.8. The number of hydrogen-bond acceptors (Lipinski definition) is 6. The molecule has 6 nitrogen and oxygen atoms in total. The lowest BCUT2D eigenvalue weighted by atomic mass is 10.2. The Morgan fingerprint density at radius 3 is 3.08 bits per heavy atom. The summed E-state index contributed by atoms with van der Waals surface area (Å²) in [6, 6.07) is 4.58. The molecule has 1 saturated heterocycles. The molecule has 126 valence electrons. The van der Waals surface area contributed by atoms with E-state index in [0.29, 0.717) is 17.8 Å². The second-order valence-electron chi connectivity index (χ2n) is 6.37. The van der Waals surface area contributed by atoms with E-state index in [1.807, 2.05) is 28.4 Å². The number of aromatic nitrogens is 4. The molecular formula is C17H21N5OS. The highest BCUT2D eigenvalue weighted by atomic mass is 32.1. The van der Waals surface area contributed by atoms with Gasteiger partial charge in [-0.3, -0.25) is 9.58 Å². The molecule has 0 bridgehead atoms. The van der Waals surface area contributed by atoms with Gasteiger partial charge in [-0.05, 0) is 50.2 Å². The fourth-order valence-electron chi connectivity index (χ4n) is 3.39. The number of likely N-dealkylation sites (tertiary alicyclic amines) is 1. The molecular weight excluding hydrogens is 322 g/mol. The van der Waals surface area contributed by atoms with Crippen LogP contribution >= 0.6 is 11.3 Å². The summed E-state index contributed by atoms with van der Waals surface area (Å²) in [5.74, 6) is 1.31. The van der Waals surface area contributed by atoms with E-state index >= 15 is 0 Å². The standard InChI is InChI=1S/C17H21N5OS/c1-12-9-18-21(10-12)11-14-5-3-7-22(14)13(2)16-19-20-17(23-16)15-6-4-8-24-15/h4,6,8-10,13-14H,3,5,7,11H2,1-2H3/t13-,14+/m1/s1. The third-order valence-corrected chi connectivity index (χ3v) is 5.47. The quantitative estimate of drug-likeness (QED) is 0.709. The Morgan fingerprint density at radius 2 is 2.33 bits per heavy atom. The summed E-state index contributed by atoms with van der Waals surface area (Å²) in [4.78, 5) is 3.48. The Labute approximate surface area is 145 Å². The Kier molecular flexibility index (Phi) is 4.20. The zero-order valence-corrected chi connectivity index (χ0v) is 14.7. The topological polar surface area (TPSA) is 60.0 Å². The van der Waals surface area contributed by atoms with Crippen LogP contribution in [-0.4, -0.2) is 37.5 Å². The summed E-state index contributed by atoms with van der Waals surface area (Å²) in [6.07, 6.45) is 6.38. The molecule has 24 heavy (non-hydrogen) atoms. The summed E-state index contributed by atoms with van der Waals surface area (Å²) < 4.78 is 7.97. The summed E-state index contributed by atoms with van der Waals surface area (Å²) >= 11 is 1.62. The molecule has 0 radical (unpaired) electrons. The van der Waals surface area contributed by atoms with Crippen LogP contribution in [0.2, 0.25) is 0 Å². The van der Waals surface area contributed by atoms with Crippen molar-refractivity contribution in [3.05, 3.63) is 41.4 Å². The van der Waals surface area contributed by atoms with Gasteiger partial charge in [0.2, 0.25) is 5.89 Å². The van der Waals surface area contributed by atoms with E-state index < -0.39 is 0 Å². The highest BCUT2D eigenvalue weighted by Crippen LogP contribution is 2.31. The number of aryl methyl sites for hydroxylation is 1. The van der Waals surface area contributed by atoms with E-state index in [9.17, 15) is 0 Å². The molecule has 3 aromatic heterocycles. The van der Waals surface area contributed by atoms with Crippen LogP contribution in [0.15, 0.2) is 34.3 Å². The van der Waals surface area contributed by atoms with Crippen molar-refractivity contribution in [2.45, 2.75) is 45.3 Å². The molecule has 0 amide bonds. The van der Waals surface area contributed by atoms with Crippen molar-refractivity contribution in [1.29, 1.82) is 0 Å². The monoisotopic (exact) mass is 343 g/mol. The van der Waals surface area contributed by atoms with Crippen LogP contribution in [0, 0.1) is 6.92 Å². The molecule has 0 N–H and O–H groups in total. The van der Waals surface area contributed by atoms with Crippen LogP contribution in [0.25, 0.3) is 10.8 Å². The molecule has 0 saturated carbocycles. The van der Waals surface area contributed by atoms with E-state index in [-0.39, 0.29) is 6.04 Å². The minimum Gasteiger partial charge on any atom is -0.418 e. The van der Waals surface area contributed by atoms with Crippen molar-refractivity contribution in [2.24, 2.45) is 0 Å². The second-order valence-corrected chi connectivity index (χ2v) is 7.32. The molecule has 3 aromatic rings. The molecule has 1 aliphatic heterocycles. The van der Waals surface area contributed by atoms with Crippen LogP contribution in [0.1, 0.15) is 37.3 Å². The van der Waals surface area contributed by atoms with Gasteiger partial charge >= 0.3 is 0 Å². The molecule has 0 unspecified atom stereocenters. The van der Waals surface area contributed by atoms with Crippen molar-refractivity contribution in [1.82, 2.24) is 24.9 Å². The van der Waals surface area contributed by atoms with Gasteiger partial charge in [0.15, 0.2) is 0 Å². The Bertz CT molecular complexity index is 794. The minimum absolute atomic E-state index is 0.121. The first-order valence-electron chi connectivity index (χ1n) is 8.33. The maximum absolute atomic E-state index is 5.93. The van der Waals surface area contributed by atoms with Crippen molar-refractivity contribution >= 4 is 11.3 Å². The molecule has 7 heteroatoms. The van der Waals surface area contributed by atoms with Gasteiger partial charge in [-0.15, -0.1) is 21.5 Å². The molecule has 0 spiro atoms. The van der Waals surface area contributed by atoms with E-state index in [1.165, 1.54) is 18.4 Å². The molecule has 0 aromatic carbocycles. The largest absolute Gasteiger partial charge is 0.418 e. The van der Waals surface area contributed by atoms with Crippen LogP contribution < -0.4 is 0 Å². The van der Waals surface area contributed by atoms with Gasteiger partial charge in [-0.25, -0.2) is 0 Å². The molecule has 0 aliphatic carbocycles. The van der Waals surface area contributed by atoms with Gasteiger partial charge in [0.1, 0.15) is 0 Å². The lowest BCUT2D eigenvalue weighted by Gasteiger charge is -2.28. The molecule has 2 atom stereocenters. The second kappa shape index (κ2) is 6.49. The average Bonchev–Trinajstić information content (AvgIpc) is 3.35. The number of rotatable bonds is 5. The van der Waals surface area contributed by atoms with E-state index in [4.69, 9.17) is 4.42 Å². The van der Waals surface area contributed by atoms with Crippen LogP contribution in [0.5, 0.6) is 0 Å². The van der Waals surface area contributed by atoms with E-state index in [1.54, 1.807) is 11.3 Å². The van der Waals surface area contributed by atoms with E-state index in [2.05, 4.69) is 40.2 Å². The first-order valence-corrected chi connectivity index (χ1v) is 9.21. The third-order valence-electron chi connectivity index (χ3n) is 4.61. The Morgan fingerprint density at radius 1 is 1.42 bits per heavy atom. The summed E-state index contributed by atoms with van der Waals surface area (Å²) in [7, 11) is 0. The average molecular weight is 343 g/mol. The maximum atomic E-state index is 5.93. The van der Waals surface area contributed by atoms with Gasteiger partial charge in [-0.2, -0.15) is 5.10 Å². The molecule has 1 fully saturated rings. The van der Waals surface area contributed by atoms with Crippen molar-refractivity contribution in [2.75, 3.05) is 6.54 Å². The van der Waals surface area contributed by atoms with Gasteiger partial charge in [0.05, 0.1) is 23.7 Å². The Hall–Kier alpha value is -1.99. The van der Waals surface area contributed by atoms with Crippen molar-refractivity contribution in [3.8, 4) is 10.8 Å². The van der Waals surface area contributed by atoms with Crippen molar-refractivity contribution in [3.63, 3.8) is 0 Å². The zero-order valence-electron chi connectivity index (χ0n) is 13.9. The van der Waals surface area contributed by atoms with Gasteiger partial charge in [0, 0.05) is 12.2 Å². The molecule has 4 rings (SSSR count). The number of hydrogen-bond donors (Lipinski definition) is 0. The smallest absolute Gasteiger partial charge is 0.257 e. The maximum Gasteiger partial charge on any atom is 0.257 e. The minimum atomic E-state index is 0.121. The van der Waals surface area contributed by atoms with Gasteiger partial charge < -0.3 is 4.42 Å². The molecule has 4 heterocycles. The van der Waals surface area contributed by atoms with Gasteiger partial charge in [0.25, 0.3) is 5.89 Å². The predicted molar refractivity (Wildman–Crippen MR) is 92.7 cm³/mol. The SMILES string of the molecule is Cc1cnn(C[C@@H]2CCCN2[C@H](C)c2nnc(-c3cccs3)o2)c1. The van der Waals surface area contributed by atoms with Crippen LogP contribution in [-0.2, 0) is 6.54 Å². The Balaban J connectivity index is 1.49. The predicted octanol–water partition coefficient (Wildman–Crippen LogP) is 3.53. The first-order chi connectivity index (χ1) is 11.7. The van der Waals surface area contributed by atoms with Crippen LogP contribution in [0.4, 0.5) is 0 Å². The summed E-state index contributed by atoms with van der Waals surface area (Å²) in [5, 5.41) is 14.9. The number of nitrogens with zero attached hydrogens (tertiary/aromatic N) is 5. The number of thiophene rings is 1. The lowest BCUT2D eigenvalue weighted by Crippen LogP contribution is -2.35. The fourth-order valence-corrected chi connectivity index (χ4v) is 4.04. The lowest BCUT2D eigenvalue weighted by molar-refractivity contribution is 0.152. The third kappa shape index (κ3) is 3.01. The highest BCUT2D eigenvalue weighted by Gasteiger charge is 2.32. The highest BCUT2D eigenvalue weighted by molar-refractivity contribution is 7.13. The summed E-state index contributed by atoms with van der Waals surface area (Å²) in [5.41, 5.74) is 1.20. The van der Waals surface area contributed by atoms with Crippen LogP contribution in [0.3, 0.4) is 0 Å². The van der Waals surface area contributed by atoms with Gasteiger partial charge in [-0.1, -0.05) is 6.07 Å². The van der Waals surface area contributed by atoms with E-state index in [0.717, 1.165) is 18.0 Å². The zero-order chi connectivity index (χ0) is 16.5. The summed E-state index contributed by atoms with van der Waals surface area (Å²) in [6.45, 7) is 6.19. The van der Waals surface area contributed by atoms with Crippen molar-refractivity contribution < 1.29 is 4.42 Å². The fraction of sp³-hybridized carbons (Fsp3) is 0.471.